The lowest BCUT2D eigenvalue weighted by atomic mass is 9.95. The van der Waals surface area contributed by atoms with Gasteiger partial charge in [-0.1, -0.05) is 18.2 Å². The predicted octanol–water partition coefficient (Wildman–Crippen LogP) is 2.67. The van der Waals surface area contributed by atoms with Gasteiger partial charge in [-0.3, -0.25) is 9.79 Å². The van der Waals surface area contributed by atoms with Crippen molar-refractivity contribution in [1.29, 1.82) is 0 Å². The zero-order valence-electron chi connectivity index (χ0n) is 18.2. The summed E-state index contributed by atoms with van der Waals surface area (Å²) in [6.45, 7) is 7.56. The van der Waals surface area contributed by atoms with Crippen molar-refractivity contribution in [3.8, 4) is 5.69 Å². The highest BCUT2D eigenvalue weighted by Crippen LogP contribution is 2.19. The van der Waals surface area contributed by atoms with Gasteiger partial charge in [0.25, 0.3) is 0 Å². The van der Waals surface area contributed by atoms with Crippen LogP contribution in [0.5, 0.6) is 0 Å². The van der Waals surface area contributed by atoms with Crippen LogP contribution in [0.1, 0.15) is 43.9 Å². The lowest BCUT2D eigenvalue weighted by Crippen LogP contribution is -2.47. The van der Waals surface area contributed by atoms with Crippen molar-refractivity contribution in [2.24, 2.45) is 16.6 Å². The molecular formula is C23H34N6O. The number of nitrogens with two attached hydrogens (primary N) is 1. The van der Waals surface area contributed by atoms with Gasteiger partial charge in [0.15, 0.2) is 5.96 Å². The maximum absolute atomic E-state index is 11.3. The molecule has 7 heteroatoms. The van der Waals surface area contributed by atoms with Gasteiger partial charge in [0.1, 0.15) is 0 Å². The Morgan fingerprint density at radius 3 is 2.87 bits per heavy atom. The highest BCUT2D eigenvalue weighted by atomic mass is 16.1. The summed E-state index contributed by atoms with van der Waals surface area (Å²) in [5.74, 6) is 1.06. The molecule has 1 unspecified atom stereocenters. The van der Waals surface area contributed by atoms with E-state index in [0.29, 0.717) is 12.3 Å². The van der Waals surface area contributed by atoms with Crippen molar-refractivity contribution < 1.29 is 4.79 Å². The summed E-state index contributed by atoms with van der Waals surface area (Å²) in [4.78, 5) is 18.4. The highest BCUT2D eigenvalue weighted by Gasteiger charge is 2.23. The van der Waals surface area contributed by atoms with E-state index in [-0.39, 0.29) is 5.91 Å². The van der Waals surface area contributed by atoms with Gasteiger partial charge in [0.2, 0.25) is 5.91 Å². The molecule has 0 spiro atoms. The normalized spacial score (nSPS) is 17.2. The minimum absolute atomic E-state index is 0.213. The van der Waals surface area contributed by atoms with Gasteiger partial charge in [-0.15, -0.1) is 0 Å². The number of rotatable bonds is 8. The van der Waals surface area contributed by atoms with Gasteiger partial charge in [0, 0.05) is 38.8 Å². The van der Waals surface area contributed by atoms with Gasteiger partial charge in [0.05, 0.1) is 11.4 Å². The number of hydrogen-bond acceptors (Lipinski definition) is 3. The number of para-hydroxylation sites is 1. The lowest BCUT2D eigenvalue weighted by molar-refractivity contribution is -0.119. The second-order valence-electron chi connectivity index (χ2n) is 7.98. The molecule has 0 bridgehead atoms. The van der Waals surface area contributed by atoms with Crippen LogP contribution in [0.4, 0.5) is 0 Å². The Morgan fingerprint density at radius 2 is 2.13 bits per heavy atom. The van der Waals surface area contributed by atoms with Crippen LogP contribution in [-0.2, 0) is 11.2 Å². The third-order valence-corrected chi connectivity index (χ3v) is 5.53. The minimum Gasteiger partial charge on any atom is -0.370 e. The second kappa shape index (κ2) is 10.8. The van der Waals surface area contributed by atoms with Crippen LogP contribution < -0.4 is 11.1 Å². The van der Waals surface area contributed by atoms with E-state index in [4.69, 9.17) is 10.7 Å². The van der Waals surface area contributed by atoms with Crippen LogP contribution >= 0.6 is 0 Å². The number of carbonyl (C=O) groups is 1. The standard InChI is InChI=1S/C23H34N6O/c1-3-25-23(28-14-8-9-19(16-28)15-22(24)30)26-13-7-10-20-17-29(27-18(20)2)21-11-5-4-6-12-21/h4-6,11-12,17,19H,3,7-10,13-16H2,1-2H3,(H2,24,30)(H,25,26). The van der Waals surface area contributed by atoms with Crippen LogP contribution in [0.3, 0.4) is 0 Å². The molecule has 1 aromatic heterocycles. The zero-order chi connectivity index (χ0) is 21.3. The fraction of sp³-hybridized carbons (Fsp3) is 0.522. The Balaban J connectivity index is 1.56. The van der Waals surface area contributed by atoms with Crippen molar-refractivity contribution in [2.45, 2.75) is 46.0 Å². The maximum Gasteiger partial charge on any atom is 0.217 e. The Labute approximate surface area is 179 Å². The predicted molar refractivity (Wildman–Crippen MR) is 121 cm³/mol. The number of aryl methyl sites for hydroxylation is 2. The van der Waals surface area contributed by atoms with Crippen LogP contribution in [0.25, 0.3) is 5.69 Å². The molecule has 2 aromatic rings. The number of hydrogen-bond donors (Lipinski definition) is 2. The van der Waals surface area contributed by atoms with Crippen LogP contribution in [0.15, 0.2) is 41.5 Å². The summed E-state index contributed by atoms with van der Waals surface area (Å²) in [6.07, 6.45) is 6.63. The minimum atomic E-state index is -0.213. The van der Waals surface area contributed by atoms with Crippen molar-refractivity contribution in [1.82, 2.24) is 20.0 Å². The molecule has 7 nitrogen and oxygen atoms in total. The topological polar surface area (TPSA) is 88.5 Å². The number of carbonyl (C=O) groups excluding carboxylic acids is 1. The summed E-state index contributed by atoms with van der Waals surface area (Å²) in [6, 6.07) is 10.2. The number of benzene rings is 1. The molecule has 0 saturated carbocycles. The number of aliphatic imine (C=N–C) groups is 1. The number of likely N-dealkylation sites (tertiary alicyclic amines) is 1. The summed E-state index contributed by atoms with van der Waals surface area (Å²) in [5, 5.41) is 8.06. The first-order valence-corrected chi connectivity index (χ1v) is 11.0. The Bertz CT molecular complexity index is 845. The molecule has 162 valence electrons. The van der Waals surface area contributed by atoms with Crippen LogP contribution in [-0.4, -0.2) is 52.7 Å². The molecule has 1 amide bonds. The Kier molecular flexibility index (Phi) is 7.88. The van der Waals surface area contributed by atoms with Gasteiger partial charge < -0.3 is 16.0 Å². The first kappa shape index (κ1) is 21.9. The molecule has 1 saturated heterocycles. The summed E-state index contributed by atoms with van der Waals surface area (Å²) >= 11 is 0. The summed E-state index contributed by atoms with van der Waals surface area (Å²) < 4.78 is 1.95. The molecule has 3 rings (SSSR count). The SMILES string of the molecule is CCNC(=NCCCc1cn(-c2ccccc2)nc1C)N1CCCC(CC(N)=O)C1. The Hall–Kier alpha value is -2.83. The molecule has 1 aliphatic heterocycles. The summed E-state index contributed by atoms with van der Waals surface area (Å²) in [7, 11) is 0. The van der Waals surface area contributed by atoms with E-state index in [1.54, 1.807) is 0 Å². The molecular weight excluding hydrogens is 376 g/mol. The van der Waals surface area contributed by atoms with E-state index in [1.165, 1.54) is 5.56 Å². The van der Waals surface area contributed by atoms with Gasteiger partial charge in [-0.25, -0.2) is 4.68 Å². The molecule has 0 radical (unpaired) electrons. The molecule has 3 N–H and O–H groups in total. The number of nitrogens with zero attached hydrogens (tertiary/aromatic N) is 4. The van der Waals surface area contributed by atoms with E-state index in [1.807, 2.05) is 22.9 Å². The van der Waals surface area contributed by atoms with Gasteiger partial charge >= 0.3 is 0 Å². The Morgan fingerprint density at radius 1 is 1.33 bits per heavy atom. The number of aromatic nitrogens is 2. The largest absolute Gasteiger partial charge is 0.370 e. The van der Waals surface area contributed by atoms with Crippen molar-refractivity contribution in [3.63, 3.8) is 0 Å². The number of guanidine groups is 1. The molecule has 1 fully saturated rings. The molecule has 0 aliphatic carbocycles. The smallest absolute Gasteiger partial charge is 0.217 e. The number of piperidine rings is 1. The molecule has 1 aromatic carbocycles. The van der Waals surface area contributed by atoms with Crippen LogP contribution in [0, 0.1) is 12.8 Å². The average molecular weight is 411 g/mol. The van der Waals surface area contributed by atoms with E-state index in [0.717, 1.165) is 69.2 Å². The number of primary amides is 1. The molecule has 30 heavy (non-hydrogen) atoms. The molecule has 1 atom stereocenters. The number of nitrogens with one attached hydrogen (secondary N) is 1. The fourth-order valence-electron chi connectivity index (χ4n) is 4.04. The monoisotopic (exact) mass is 410 g/mol. The molecule has 2 heterocycles. The van der Waals surface area contributed by atoms with Gasteiger partial charge in [-0.05, 0) is 63.1 Å². The van der Waals surface area contributed by atoms with E-state index in [2.05, 4.69) is 47.5 Å². The quantitative estimate of drug-likeness (QED) is 0.398. The summed E-state index contributed by atoms with van der Waals surface area (Å²) in [5.41, 5.74) is 8.81. The lowest BCUT2D eigenvalue weighted by Gasteiger charge is -2.34. The zero-order valence-corrected chi connectivity index (χ0v) is 18.2. The van der Waals surface area contributed by atoms with Crippen molar-refractivity contribution in [2.75, 3.05) is 26.2 Å². The van der Waals surface area contributed by atoms with E-state index < -0.39 is 0 Å². The molecule has 1 aliphatic rings. The third-order valence-electron chi connectivity index (χ3n) is 5.53. The van der Waals surface area contributed by atoms with Gasteiger partial charge in [-0.2, -0.15) is 5.10 Å². The second-order valence-corrected chi connectivity index (χ2v) is 7.98. The van der Waals surface area contributed by atoms with Crippen LogP contribution in [0.2, 0.25) is 0 Å². The van der Waals surface area contributed by atoms with E-state index in [9.17, 15) is 4.79 Å². The average Bonchev–Trinajstić information content (AvgIpc) is 3.11. The van der Waals surface area contributed by atoms with Crippen molar-refractivity contribution in [3.05, 3.63) is 47.8 Å². The highest BCUT2D eigenvalue weighted by molar-refractivity contribution is 5.80. The third kappa shape index (κ3) is 6.08. The first-order valence-electron chi connectivity index (χ1n) is 11.0. The number of amides is 1. The first-order chi connectivity index (χ1) is 14.6. The van der Waals surface area contributed by atoms with Crippen molar-refractivity contribution >= 4 is 11.9 Å². The fourth-order valence-corrected chi connectivity index (χ4v) is 4.04. The van der Waals surface area contributed by atoms with E-state index >= 15 is 0 Å². The maximum atomic E-state index is 11.3.